The molecule has 0 aromatic carbocycles. The molecule has 1 aromatic rings. The molecule has 2 atom stereocenters. The zero-order valence-electron chi connectivity index (χ0n) is 14.6. The van der Waals surface area contributed by atoms with E-state index in [1.165, 1.54) is 14.2 Å². The SMILES string of the molecule is COC(=O)[C@@H](N[C@@H](c1ccccn1)C(C)(C)C(=O)OC)C(C)C. The maximum Gasteiger partial charge on any atom is 0.323 e. The molecular weight excluding hydrogens is 296 g/mol. The number of rotatable bonds is 7. The first-order valence-electron chi connectivity index (χ1n) is 7.58. The molecule has 128 valence electrons. The number of carbonyl (C=O) groups excluding carboxylic acids is 2. The van der Waals surface area contributed by atoms with Gasteiger partial charge in [-0.25, -0.2) is 0 Å². The Morgan fingerprint density at radius 2 is 1.83 bits per heavy atom. The van der Waals surface area contributed by atoms with E-state index in [1.54, 1.807) is 26.1 Å². The summed E-state index contributed by atoms with van der Waals surface area (Å²) in [5.74, 6) is -0.767. The third-order valence-corrected chi connectivity index (χ3v) is 3.88. The average molecular weight is 322 g/mol. The van der Waals surface area contributed by atoms with Crippen LogP contribution in [0, 0.1) is 11.3 Å². The fourth-order valence-electron chi connectivity index (χ4n) is 2.43. The van der Waals surface area contributed by atoms with Gasteiger partial charge in [-0.2, -0.15) is 0 Å². The van der Waals surface area contributed by atoms with Gasteiger partial charge in [0.05, 0.1) is 31.4 Å². The lowest BCUT2D eigenvalue weighted by Crippen LogP contribution is -2.50. The van der Waals surface area contributed by atoms with Gasteiger partial charge in [-0.05, 0) is 31.9 Å². The number of esters is 2. The predicted octanol–water partition coefficient (Wildman–Crippen LogP) is 2.11. The van der Waals surface area contributed by atoms with Gasteiger partial charge in [-0.15, -0.1) is 0 Å². The summed E-state index contributed by atoms with van der Waals surface area (Å²) in [6.07, 6.45) is 1.65. The first kappa shape index (κ1) is 19.1. The van der Waals surface area contributed by atoms with Crippen LogP contribution in [-0.4, -0.2) is 37.2 Å². The Kier molecular flexibility index (Phi) is 6.69. The summed E-state index contributed by atoms with van der Waals surface area (Å²) in [6, 6.07) is 4.40. The molecule has 0 spiro atoms. The minimum absolute atomic E-state index is 0.0119. The maximum absolute atomic E-state index is 12.2. The fourth-order valence-corrected chi connectivity index (χ4v) is 2.43. The van der Waals surface area contributed by atoms with E-state index in [-0.39, 0.29) is 17.9 Å². The van der Waals surface area contributed by atoms with Crippen LogP contribution in [0.3, 0.4) is 0 Å². The monoisotopic (exact) mass is 322 g/mol. The molecule has 0 amide bonds. The average Bonchev–Trinajstić information content (AvgIpc) is 2.54. The van der Waals surface area contributed by atoms with E-state index in [0.29, 0.717) is 5.69 Å². The van der Waals surface area contributed by atoms with Crippen molar-refractivity contribution in [1.29, 1.82) is 0 Å². The number of nitrogens with zero attached hydrogens (tertiary/aromatic N) is 1. The molecule has 23 heavy (non-hydrogen) atoms. The highest BCUT2D eigenvalue weighted by Crippen LogP contribution is 2.34. The van der Waals surface area contributed by atoms with Crippen molar-refractivity contribution in [1.82, 2.24) is 10.3 Å². The largest absolute Gasteiger partial charge is 0.469 e. The molecule has 1 aromatic heterocycles. The number of carbonyl (C=O) groups is 2. The highest BCUT2D eigenvalue weighted by molar-refractivity contribution is 5.78. The molecule has 0 aliphatic rings. The van der Waals surface area contributed by atoms with Gasteiger partial charge < -0.3 is 9.47 Å². The van der Waals surface area contributed by atoms with Crippen molar-refractivity contribution in [3.63, 3.8) is 0 Å². The van der Waals surface area contributed by atoms with Crippen LogP contribution in [0.2, 0.25) is 0 Å². The van der Waals surface area contributed by atoms with Gasteiger partial charge in [0.25, 0.3) is 0 Å². The molecule has 0 saturated carbocycles. The van der Waals surface area contributed by atoms with E-state index in [0.717, 1.165) is 0 Å². The van der Waals surface area contributed by atoms with E-state index in [2.05, 4.69) is 10.3 Å². The van der Waals surface area contributed by atoms with Crippen molar-refractivity contribution in [2.75, 3.05) is 14.2 Å². The quantitative estimate of drug-likeness (QED) is 0.775. The summed E-state index contributed by atoms with van der Waals surface area (Å²) < 4.78 is 9.80. The number of hydrogen-bond acceptors (Lipinski definition) is 6. The van der Waals surface area contributed by atoms with Crippen LogP contribution in [0.15, 0.2) is 24.4 Å². The van der Waals surface area contributed by atoms with Crippen molar-refractivity contribution in [2.45, 2.75) is 39.8 Å². The van der Waals surface area contributed by atoms with Gasteiger partial charge >= 0.3 is 11.9 Å². The molecule has 1 rings (SSSR count). The van der Waals surface area contributed by atoms with Gasteiger partial charge in [-0.1, -0.05) is 19.9 Å². The number of methoxy groups -OCH3 is 2. The summed E-state index contributed by atoms with van der Waals surface area (Å²) in [7, 11) is 2.69. The first-order valence-corrected chi connectivity index (χ1v) is 7.58. The van der Waals surface area contributed by atoms with Crippen molar-refractivity contribution in [3.8, 4) is 0 Å². The number of pyridine rings is 1. The Hall–Kier alpha value is -1.95. The molecule has 1 heterocycles. The van der Waals surface area contributed by atoms with Crippen LogP contribution in [0.4, 0.5) is 0 Å². The Morgan fingerprint density at radius 1 is 1.17 bits per heavy atom. The van der Waals surface area contributed by atoms with Gasteiger partial charge in [0.1, 0.15) is 6.04 Å². The third-order valence-electron chi connectivity index (χ3n) is 3.88. The topological polar surface area (TPSA) is 77.5 Å². The highest BCUT2D eigenvalue weighted by Gasteiger charge is 2.42. The summed E-state index contributed by atoms with van der Waals surface area (Å²) >= 11 is 0. The summed E-state index contributed by atoms with van der Waals surface area (Å²) in [5, 5.41) is 3.24. The zero-order valence-corrected chi connectivity index (χ0v) is 14.6. The van der Waals surface area contributed by atoms with E-state index in [4.69, 9.17) is 9.47 Å². The molecule has 0 fully saturated rings. The second-order valence-electron chi connectivity index (χ2n) is 6.31. The first-order chi connectivity index (χ1) is 10.8. The highest BCUT2D eigenvalue weighted by atomic mass is 16.5. The van der Waals surface area contributed by atoms with Gasteiger partial charge in [0.15, 0.2) is 0 Å². The molecule has 0 unspecified atom stereocenters. The van der Waals surface area contributed by atoms with Crippen LogP contribution in [0.25, 0.3) is 0 Å². The van der Waals surface area contributed by atoms with Gasteiger partial charge in [0.2, 0.25) is 0 Å². The summed E-state index contributed by atoms with van der Waals surface area (Å²) in [5.41, 5.74) is -0.248. The lowest BCUT2D eigenvalue weighted by molar-refractivity contribution is -0.154. The zero-order chi connectivity index (χ0) is 17.6. The second-order valence-corrected chi connectivity index (χ2v) is 6.31. The standard InChI is InChI=1S/C17H26N2O4/c1-11(2)13(15(20)22-5)19-14(12-9-7-8-10-18-12)17(3,4)16(21)23-6/h7-11,13-14,19H,1-6H3/t13-,14-/m0/s1. The van der Waals surface area contributed by atoms with Crippen molar-refractivity contribution in [2.24, 2.45) is 11.3 Å². The molecule has 1 N–H and O–H groups in total. The van der Waals surface area contributed by atoms with Crippen LogP contribution >= 0.6 is 0 Å². The fraction of sp³-hybridized carbons (Fsp3) is 0.588. The Morgan fingerprint density at radius 3 is 2.26 bits per heavy atom. The molecule has 0 bridgehead atoms. The van der Waals surface area contributed by atoms with Crippen LogP contribution in [-0.2, 0) is 19.1 Å². The lowest BCUT2D eigenvalue weighted by atomic mass is 9.81. The molecular formula is C17H26N2O4. The molecule has 6 nitrogen and oxygen atoms in total. The van der Waals surface area contributed by atoms with Gasteiger partial charge in [-0.3, -0.25) is 19.9 Å². The molecule has 0 saturated heterocycles. The Labute approximate surface area is 137 Å². The molecule has 0 aliphatic heterocycles. The van der Waals surface area contributed by atoms with Crippen LogP contribution in [0.1, 0.15) is 39.4 Å². The second kappa shape index (κ2) is 8.06. The summed E-state index contributed by atoms with van der Waals surface area (Å²) in [6.45, 7) is 7.35. The Bertz CT molecular complexity index is 529. The minimum Gasteiger partial charge on any atom is -0.469 e. The van der Waals surface area contributed by atoms with Crippen molar-refractivity contribution < 1.29 is 19.1 Å². The van der Waals surface area contributed by atoms with Crippen molar-refractivity contribution in [3.05, 3.63) is 30.1 Å². The molecule has 0 radical (unpaired) electrons. The van der Waals surface area contributed by atoms with E-state index in [1.807, 2.05) is 26.0 Å². The van der Waals surface area contributed by atoms with Crippen LogP contribution < -0.4 is 5.32 Å². The van der Waals surface area contributed by atoms with E-state index < -0.39 is 17.5 Å². The van der Waals surface area contributed by atoms with Gasteiger partial charge in [0, 0.05) is 6.20 Å². The number of aromatic nitrogens is 1. The van der Waals surface area contributed by atoms with E-state index >= 15 is 0 Å². The predicted molar refractivity (Wildman–Crippen MR) is 86.6 cm³/mol. The summed E-state index contributed by atoms with van der Waals surface area (Å²) in [4.78, 5) is 28.6. The van der Waals surface area contributed by atoms with E-state index in [9.17, 15) is 9.59 Å². The number of hydrogen-bond donors (Lipinski definition) is 1. The third kappa shape index (κ3) is 4.51. The smallest absolute Gasteiger partial charge is 0.323 e. The van der Waals surface area contributed by atoms with Crippen molar-refractivity contribution >= 4 is 11.9 Å². The number of nitrogens with one attached hydrogen (secondary N) is 1. The minimum atomic E-state index is -0.912. The lowest BCUT2D eigenvalue weighted by Gasteiger charge is -2.35. The number of ether oxygens (including phenoxy) is 2. The Balaban J connectivity index is 3.24. The molecule has 0 aliphatic carbocycles. The normalized spacial score (nSPS) is 14.2. The molecule has 6 heteroatoms. The van der Waals surface area contributed by atoms with Crippen LogP contribution in [0.5, 0.6) is 0 Å². The maximum atomic E-state index is 12.2.